The topological polar surface area (TPSA) is 66.5 Å². The van der Waals surface area contributed by atoms with Crippen molar-refractivity contribution in [1.29, 1.82) is 0 Å². The molecular weight excluding hydrogens is 288 g/mol. The fourth-order valence-corrected chi connectivity index (χ4v) is 3.66. The van der Waals surface area contributed by atoms with Crippen molar-refractivity contribution in [2.24, 2.45) is 11.3 Å². The van der Waals surface area contributed by atoms with Gasteiger partial charge in [0.1, 0.15) is 12.1 Å². The van der Waals surface area contributed by atoms with E-state index < -0.39 is 22.9 Å². The highest BCUT2D eigenvalue weighted by atomic mass is 32.2. The van der Waals surface area contributed by atoms with Crippen molar-refractivity contribution >= 4 is 22.6 Å². The van der Waals surface area contributed by atoms with E-state index in [9.17, 15) is 13.8 Å². The number of nitrogens with one attached hydrogen (secondary N) is 1. The first-order valence-electron chi connectivity index (χ1n) is 7.39. The van der Waals surface area contributed by atoms with Crippen LogP contribution in [-0.2, 0) is 20.4 Å². The van der Waals surface area contributed by atoms with E-state index in [2.05, 4.69) is 5.32 Å². The smallest absolute Gasteiger partial charge is 0.246 e. The number of hydrogen-bond acceptors (Lipinski definition) is 3. The van der Waals surface area contributed by atoms with Crippen molar-refractivity contribution in [1.82, 2.24) is 10.2 Å². The van der Waals surface area contributed by atoms with E-state index in [1.165, 1.54) is 0 Å². The van der Waals surface area contributed by atoms with Gasteiger partial charge in [0, 0.05) is 28.9 Å². The van der Waals surface area contributed by atoms with Crippen LogP contribution in [0.2, 0.25) is 0 Å². The maximum atomic E-state index is 12.9. The Hall–Kier alpha value is -0.910. The normalized spacial score (nSPS) is 26.8. The molecule has 1 aliphatic heterocycles. The van der Waals surface area contributed by atoms with E-state index >= 15 is 0 Å². The zero-order chi connectivity index (χ0) is 16.5. The number of nitrogens with zero attached hydrogens (tertiary/aromatic N) is 1. The molecule has 0 aromatic carbocycles. The van der Waals surface area contributed by atoms with Gasteiger partial charge in [-0.3, -0.25) is 13.8 Å². The summed E-state index contributed by atoms with van der Waals surface area (Å²) < 4.78 is 11.5. The lowest BCUT2D eigenvalue weighted by Gasteiger charge is -2.47. The summed E-state index contributed by atoms with van der Waals surface area (Å²) in [6.45, 7) is 11.5. The SMILES string of the molecule is CC(C)C1C(=O)NC(C(C)(C)C)C(=O)N1C(C)CS(C)=O. The van der Waals surface area contributed by atoms with Gasteiger partial charge in [-0.05, 0) is 18.3 Å². The minimum absolute atomic E-state index is 0.0163. The number of piperazine rings is 1. The van der Waals surface area contributed by atoms with Crippen LogP contribution >= 0.6 is 0 Å². The average molecular weight is 316 g/mol. The van der Waals surface area contributed by atoms with Gasteiger partial charge in [0.2, 0.25) is 11.8 Å². The Balaban J connectivity index is 3.18. The second-order valence-electron chi connectivity index (χ2n) is 7.33. The van der Waals surface area contributed by atoms with Gasteiger partial charge in [0.25, 0.3) is 0 Å². The summed E-state index contributed by atoms with van der Waals surface area (Å²) in [5, 5.41) is 2.87. The molecule has 0 spiro atoms. The lowest BCUT2D eigenvalue weighted by Crippen LogP contribution is -2.69. The van der Waals surface area contributed by atoms with E-state index in [1.54, 1.807) is 11.2 Å². The number of carbonyl (C=O) groups is 2. The van der Waals surface area contributed by atoms with Crippen molar-refractivity contribution in [3.05, 3.63) is 0 Å². The molecule has 1 rings (SSSR count). The van der Waals surface area contributed by atoms with Gasteiger partial charge in [0.15, 0.2) is 0 Å². The molecule has 21 heavy (non-hydrogen) atoms. The molecule has 0 aromatic rings. The monoisotopic (exact) mass is 316 g/mol. The van der Waals surface area contributed by atoms with Gasteiger partial charge in [-0.25, -0.2) is 0 Å². The van der Waals surface area contributed by atoms with Crippen molar-refractivity contribution in [2.75, 3.05) is 12.0 Å². The first kappa shape index (κ1) is 18.1. The van der Waals surface area contributed by atoms with Gasteiger partial charge >= 0.3 is 0 Å². The van der Waals surface area contributed by atoms with Crippen molar-refractivity contribution in [3.63, 3.8) is 0 Å². The van der Waals surface area contributed by atoms with Crippen molar-refractivity contribution < 1.29 is 13.8 Å². The Labute approximate surface area is 130 Å². The molecule has 122 valence electrons. The minimum Gasteiger partial charge on any atom is -0.342 e. The summed E-state index contributed by atoms with van der Waals surface area (Å²) in [6.07, 6.45) is 1.62. The van der Waals surface area contributed by atoms with E-state index in [0.29, 0.717) is 5.75 Å². The first-order valence-corrected chi connectivity index (χ1v) is 9.12. The molecule has 0 aromatic heterocycles. The van der Waals surface area contributed by atoms with Gasteiger partial charge in [-0.2, -0.15) is 0 Å². The summed E-state index contributed by atoms with van der Waals surface area (Å²) in [5.74, 6) is 0.221. The van der Waals surface area contributed by atoms with Crippen LogP contribution in [0, 0.1) is 11.3 Å². The Morgan fingerprint density at radius 3 is 2.14 bits per heavy atom. The third-order valence-corrected chi connectivity index (χ3v) is 4.76. The highest BCUT2D eigenvalue weighted by Crippen LogP contribution is 2.28. The zero-order valence-electron chi connectivity index (χ0n) is 14.1. The molecule has 4 unspecified atom stereocenters. The lowest BCUT2D eigenvalue weighted by atomic mass is 9.82. The third kappa shape index (κ3) is 4.05. The van der Waals surface area contributed by atoms with Crippen LogP contribution in [0.1, 0.15) is 41.5 Å². The highest BCUT2D eigenvalue weighted by molar-refractivity contribution is 7.84. The summed E-state index contributed by atoms with van der Waals surface area (Å²) in [6, 6.07) is -1.24. The third-order valence-electron chi connectivity index (χ3n) is 3.80. The molecule has 1 saturated heterocycles. The van der Waals surface area contributed by atoms with Crippen LogP contribution in [0.5, 0.6) is 0 Å². The van der Waals surface area contributed by atoms with E-state index in [-0.39, 0.29) is 29.2 Å². The van der Waals surface area contributed by atoms with Gasteiger partial charge in [0.05, 0.1) is 0 Å². The predicted molar refractivity (Wildman–Crippen MR) is 85.3 cm³/mol. The Morgan fingerprint density at radius 2 is 1.76 bits per heavy atom. The maximum absolute atomic E-state index is 12.9. The van der Waals surface area contributed by atoms with E-state index in [4.69, 9.17) is 0 Å². The molecule has 0 saturated carbocycles. The Morgan fingerprint density at radius 1 is 1.24 bits per heavy atom. The molecule has 4 atom stereocenters. The molecule has 1 aliphatic rings. The van der Waals surface area contributed by atoms with Crippen LogP contribution < -0.4 is 5.32 Å². The molecular formula is C15H28N2O3S. The minimum atomic E-state index is -1.01. The van der Waals surface area contributed by atoms with Crippen LogP contribution in [0.25, 0.3) is 0 Å². The summed E-state index contributed by atoms with van der Waals surface area (Å²) in [5.41, 5.74) is -0.349. The van der Waals surface area contributed by atoms with Crippen LogP contribution in [0.15, 0.2) is 0 Å². The first-order chi connectivity index (χ1) is 9.46. The van der Waals surface area contributed by atoms with Gasteiger partial charge in [-0.1, -0.05) is 34.6 Å². The maximum Gasteiger partial charge on any atom is 0.246 e. The molecule has 0 radical (unpaired) electrons. The summed E-state index contributed by atoms with van der Waals surface area (Å²) in [4.78, 5) is 27.0. The van der Waals surface area contributed by atoms with E-state index in [0.717, 1.165) is 0 Å². The highest BCUT2D eigenvalue weighted by Gasteiger charge is 2.47. The summed E-state index contributed by atoms with van der Waals surface area (Å²) >= 11 is 0. The number of amides is 2. The number of carbonyl (C=O) groups excluding carboxylic acids is 2. The van der Waals surface area contributed by atoms with Crippen LogP contribution in [-0.4, -0.2) is 51.1 Å². The molecule has 1 N–H and O–H groups in total. The second kappa shape index (κ2) is 6.46. The van der Waals surface area contributed by atoms with Crippen molar-refractivity contribution in [3.8, 4) is 0 Å². The fraction of sp³-hybridized carbons (Fsp3) is 0.867. The lowest BCUT2D eigenvalue weighted by molar-refractivity contribution is -0.156. The molecule has 1 fully saturated rings. The van der Waals surface area contributed by atoms with Crippen molar-refractivity contribution in [2.45, 2.75) is 59.7 Å². The second-order valence-corrected chi connectivity index (χ2v) is 8.81. The molecule has 5 nitrogen and oxygen atoms in total. The largest absolute Gasteiger partial charge is 0.342 e. The fourth-order valence-electron chi connectivity index (χ4n) is 2.82. The average Bonchev–Trinajstić information content (AvgIpc) is 2.27. The Kier molecular flexibility index (Phi) is 5.58. The number of hydrogen-bond donors (Lipinski definition) is 1. The standard InChI is InChI=1S/C15H28N2O3S/c1-9(2)11-13(18)16-12(15(4,5)6)14(19)17(11)10(3)8-21(7)20/h9-12H,8H2,1-7H3,(H,16,18). The summed E-state index contributed by atoms with van der Waals surface area (Å²) in [7, 11) is -1.01. The van der Waals surface area contributed by atoms with Crippen LogP contribution in [0.4, 0.5) is 0 Å². The molecule has 2 amide bonds. The van der Waals surface area contributed by atoms with Gasteiger partial charge in [-0.15, -0.1) is 0 Å². The van der Waals surface area contributed by atoms with Crippen LogP contribution in [0.3, 0.4) is 0 Å². The van der Waals surface area contributed by atoms with Gasteiger partial charge < -0.3 is 10.2 Å². The molecule has 0 aliphatic carbocycles. The molecule has 1 heterocycles. The Bertz CT molecular complexity index is 443. The quantitative estimate of drug-likeness (QED) is 0.846. The van der Waals surface area contributed by atoms with E-state index in [1.807, 2.05) is 41.5 Å². The zero-order valence-corrected chi connectivity index (χ0v) is 14.9. The predicted octanol–water partition coefficient (Wildman–Crippen LogP) is 1.15. The molecule has 0 bridgehead atoms. The number of rotatable bonds is 4. The molecule has 6 heteroatoms.